The number of hydrogen-bond donors (Lipinski definition) is 5. The van der Waals surface area contributed by atoms with Gasteiger partial charge in [-0.05, 0) is 23.8 Å². The van der Waals surface area contributed by atoms with E-state index < -0.39 is 36.1 Å². The van der Waals surface area contributed by atoms with Crippen molar-refractivity contribution in [3.63, 3.8) is 0 Å². The lowest BCUT2D eigenvalue weighted by Crippen LogP contribution is -2.34. The lowest BCUT2D eigenvalue weighted by atomic mass is 10.2. The lowest BCUT2D eigenvalue weighted by Gasteiger charge is -2.18. The van der Waals surface area contributed by atoms with E-state index in [-0.39, 0.29) is 5.75 Å². The van der Waals surface area contributed by atoms with Crippen molar-refractivity contribution in [2.75, 3.05) is 13.2 Å². The molecule has 0 heterocycles. The molecule has 0 radical (unpaired) electrons. The van der Waals surface area contributed by atoms with Crippen LogP contribution in [0.3, 0.4) is 0 Å². The zero-order valence-corrected chi connectivity index (χ0v) is 11.7. The smallest absolute Gasteiger partial charge is 0.330 e. The van der Waals surface area contributed by atoms with E-state index in [9.17, 15) is 4.79 Å². The number of nitrogens with zero attached hydrogens (tertiary/aromatic N) is 2. The maximum Gasteiger partial charge on any atom is 0.330 e. The van der Waals surface area contributed by atoms with E-state index in [1.807, 2.05) is 0 Å². The van der Waals surface area contributed by atoms with Crippen LogP contribution in [-0.2, 0) is 19.2 Å². The zero-order chi connectivity index (χ0) is 17.2. The van der Waals surface area contributed by atoms with Crippen LogP contribution in [0.25, 0.3) is 6.08 Å². The first kappa shape index (κ1) is 19.0. The summed E-state index contributed by atoms with van der Waals surface area (Å²) in [5.74, 6) is -0.678. The topological polar surface area (TPSA) is 152 Å². The number of hydrogen-bond acceptors (Lipinski definition) is 11. The molecule has 0 aliphatic heterocycles. The van der Waals surface area contributed by atoms with Crippen LogP contribution in [0.5, 0.6) is 5.75 Å². The van der Waals surface area contributed by atoms with Gasteiger partial charge in [0, 0.05) is 6.08 Å². The van der Waals surface area contributed by atoms with Gasteiger partial charge in [0.05, 0.1) is 10.8 Å². The second kappa shape index (κ2) is 9.83. The fourth-order valence-electron chi connectivity index (χ4n) is 1.36. The van der Waals surface area contributed by atoms with Gasteiger partial charge in [-0.2, -0.15) is 0 Å². The molecule has 0 fully saturated rings. The van der Waals surface area contributed by atoms with E-state index in [4.69, 9.17) is 30.7 Å². The number of ether oxygens (including phenoxy) is 1. The Morgan fingerprint density at radius 1 is 1.09 bits per heavy atom. The van der Waals surface area contributed by atoms with Crippen LogP contribution < -0.4 is 0 Å². The third-order valence-electron chi connectivity index (χ3n) is 2.34. The molecule has 0 saturated heterocycles. The summed E-state index contributed by atoms with van der Waals surface area (Å²) in [4.78, 5) is 20.1. The van der Waals surface area contributed by atoms with E-state index in [0.29, 0.717) is 5.56 Å². The summed E-state index contributed by atoms with van der Waals surface area (Å²) in [7, 11) is 0. The molecule has 5 N–H and O–H groups in total. The molecule has 1 aromatic rings. The number of carbonyl (C=O) groups is 1. The summed E-state index contributed by atoms with van der Waals surface area (Å²) in [6.45, 7) is -1.02. The number of phenolic OH excluding ortho intramolecular Hbond substituents is 1. The highest BCUT2D eigenvalue weighted by Gasteiger charge is 2.17. The van der Waals surface area contributed by atoms with Crippen molar-refractivity contribution in [2.24, 2.45) is 0 Å². The molecule has 11 nitrogen and oxygen atoms in total. The molecule has 1 unspecified atom stereocenters. The van der Waals surface area contributed by atoms with E-state index in [2.05, 4.69) is 9.68 Å². The van der Waals surface area contributed by atoms with Crippen molar-refractivity contribution in [3.05, 3.63) is 35.9 Å². The van der Waals surface area contributed by atoms with E-state index in [0.717, 1.165) is 6.08 Å². The van der Waals surface area contributed by atoms with Crippen molar-refractivity contribution in [3.8, 4) is 5.75 Å². The summed E-state index contributed by atoms with van der Waals surface area (Å²) >= 11 is 0. The highest BCUT2D eigenvalue weighted by atomic mass is 17.1. The maximum atomic E-state index is 11.5. The monoisotopic (exact) mass is 332 g/mol. The molecule has 0 saturated carbocycles. The van der Waals surface area contributed by atoms with Gasteiger partial charge >= 0.3 is 5.97 Å². The number of carbonyl (C=O) groups excluding carboxylic acids is 1. The Balaban J connectivity index is 2.45. The molecule has 0 amide bonds. The van der Waals surface area contributed by atoms with Crippen LogP contribution in [-0.4, -0.2) is 62.0 Å². The minimum absolute atomic E-state index is 0.0871. The van der Waals surface area contributed by atoms with Gasteiger partial charge in [0.2, 0.25) is 0 Å². The Hall–Kier alpha value is -2.09. The van der Waals surface area contributed by atoms with Gasteiger partial charge < -0.3 is 9.84 Å². The van der Waals surface area contributed by atoms with E-state index in [1.54, 1.807) is 12.1 Å². The molecule has 0 aliphatic rings. The first-order chi connectivity index (χ1) is 10.9. The van der Waals surface area contributed by atoms with Gasteiger partial charge in [-0.25, -0.2) is 14.5 Å². The molecule has 23 heavy (non-hydrogen) atoms. The van der Waals surface area contributed by atoms with Crippen LogP contribution in [0.2, 0.25) is 0 Å². The van der Waals surface area contributed by atoms with Crippen LogP contribution in [0, 0.1) is 0 Å². The van der Waals surface area contributed by atoms with Crippen molar-refractivity contribution in [1.82, 2.24) is 10.8 Å². The normalized spacial score (nSPS) is 13.0. The maximum absolute atomic E-state index is 11.5. The summed E-state index contributed by atoms with van der Waals surface area (Å²) in [6, 6.07) is 6.04. The molecule has 0 aliphatic carbocycles. The van der Waals surface area contributed by atoms with Gasteiger partial charge in [-0.1, -0.05) is 12.1 Å². The van der Waals surface area contributed by atoms with Crippen molar-refractivity contribution >= 4 is 12.0 Å². The predicted octanol–water partition coefficient (Wildman–Crippen LogP) is 0.341. The van der Waals surface area contributed by atoms with Gasteiger partial charge in [-0.3, -0.25) is 20.8 Å². The molecule has 1 aromatic carbocycles. The van der Waals surface area contributed by atoms with Crippen molar-refractivity contribution < 1.29 is 45.1 Å². The highest BCUT2D eigenvalue weighted by molar-refractivity contribution is 5.87. The fraction of sp³-hybridized carbons (Fsp3) is 0.250. The van der Waals surface area contributed by atoms with Crippen LogP contribution in [0.15, 0.2) is 30.3 Å². The lowest BCUT2D eigenvalue weighted by molar-refractivity contribution is -0.527. The van der Waals surface area contributed by atoms with Crippen LogP contribution in [0.1, 0.15) is 5.56 Å². The van der Waals surface area contributed by atoms with E-state index in [1.165, 1.54) is 18.2 Å². The van der Waals surface area contributed by atoms with Gasteiger partial charge in [-0.15, -0.1) is 0 Å². The Morgan fingerprint density at radius 2 is 1.74 bits per heavy atom. The second-order valence-corrected chi connectivity index (χ2v) is 4.08. The molecule has 0 bridgehead atoms. The molecule has 0 spiro atoms. The van der Waals surface area contributed by atoms with E-state index >= 15 is 0 Å². The van der Waals surface area contributed by atoms with Crippen molar-refractivity contribution in [2.45, 2.75) is 6.10 Å². The minimum Gasteiger partial charge on any atom is -0.508 e. The third kappa shape index (κ3) is 8.82. The zero-order valence-electron chi connectivity index (χ0n) is 11.7. The van der Waals surface area contributed by atoms with Crippen molar-refractivity contribution in [1.29, 1.82) is 0 Å². The second-order valence-electron chi connectivity index (χ2n) is 4.08. The quantitative estimate of drug-likeness (QED) is 0.242. The summed E-state index contributed by atoms with van der Waals surface area (Å²) in [6.07, 6.45) is 1.31. The number of aromatic hydroxyl groups is 1. The SMILES string of the molecule is O=C(/C=C/c1ccc(O)cc1)OCC(CON(O)O)ON(O)O. The number of esters is 1. The highest BCUT2D eigenvalue weighted by Crippen LogP contribution is 2.10. The molecule has 128 valence electrons. The van der Waals surface area contributed by atoms with Gasteiger partial charge in [0.25, 0.3) is 0 Å². The minimum atomic E-state index is -1.22. The average molecular weight is 332 g/mol. The number of phenols is 1. The number of benzene rings is 1. The molecule has 1 rings (SSSR count). The first-order valence-corrected chi connectivity index (χ1v) is 6.16. The fourth-order valence-corrected chi connectivity index (χ4v) is 1.36. The Kier molecular flexibility index (Phi) is 8.10. The standard InChI is InChI=1S/C12H16N2O9/c15-10-4-1-9(2-5-10)3-6-12(16)21-7-11(23-14(19)20)8-22-13(17)18/h1-6,11,15,17-20H,7-8H2/b6-3+. The van der Waals surface area contributed by atoms with Gasteiger partial charge in [0.15, 0.2) is 0 Å². The molecular weight excluding hydrogens is 316 g/mol. The Bertz CT molecular complexity index is 504. The molecule has 1 atom stereocenters. The first-order valence-electron chi connectivity index (χ1n) is 6.16. The predicted molar refractivity (Wildman–Crippen MR) is 69.7 cm³/mol. The molecule has 0 aromatic heterocycles. The third-order valence-corrected chi connectivity index (χ3v) is 2.34. The Labute approximate surface area is 130 Å². The number of rotatable bonds is 9. The largest absolute Gasteiger partial charge is 0.508 e. The summed E-state index contributed by atoms with van der Waals surface area (Å²) < 4.78 is 4.77. The Morgan fingerprint density at radius 3 is 2.30 bits per heavy atom. The summed E-state index contributed by atoms with van der Waals surface area (Å²) in [5, 5.41) is 41.7. The van der Waals surface area contributed by atoms with Crippen LogP contribution in [0.4, 0.5) is 0 Å². The summed E-state index contributed by atoms with van der Waals surface area (Å²) in [5.41, 5.74) is 0.643. The molecule has 11 heteroatoms. The molecular formula is C12H16N2O9. The van der Waals surface area contributed by atoms with Gasteiger partial charge in [0.1, 0.15) is 25.1 Å². The average Bonchev–Trinajstić information content (AvgIpc) is 2.49. The van der Waals surface area contributed by atoms with Crippen LogP contribution >= 0.6 is 0 Å².